The van der Waals surface area contributed by atoms with Crippen molar-refractivity contribution in [2.24, 2.45) is 14.1 Å². The first-order chi connectivity index (χ1) is 9.49. The van der Waals surface area contributed by atoms with Crippen LogP contribution in [0, 0.1) is 13.8 Å². The Labute approximate surface area is 115 Å². The zero-order chi connectivity index (χ0) is 14.4. The first kappa shape index (κ1) is 12.5. The zero-order valence-electron chi connectivity index (χ0n) is 11.9. The molecule has 0 fully saturated rings. The van der Waals surface area contributed by atoms with Gasteiger partial charge in [-0.15, -0.1) is 5.10 Å². The molecule has 0 spiro atoms. The van der Waals surface area contributed by atoms with E-state index in [1.807, 2.05) is 37.6 Å². The third kappa shape index (κ3) is 1.72. The molecule has 20 heavy (non-hydrogen) atoms. The number of hydrogen-bond acceptors (Lipinski definition) is 4. The van der Waals surface area contributed by atoms with Crippen LogP contribution in [0.5, 0.6) is 0 Å². The molecule has 0 aliphatic carbocycles. The van der Waals surface area contributed by atoms with Gasteiger partial charge < -0.3 is 4.57 Å². The molecule has 0 aliphatic heterocycles. The summed E-state index contributed by atoms with van der Waals surface area (Å²) in [6.07, 6.45) is 1.78. The van der Waals surface area contributed by atoms with Crippen LogP contribution in [0.3, 0.4) is 0 Å². The van der Waals surface area contributed by atoms with Gasteiger partial charge in [-0.2, -0.15) is 0 Å². The van der Waals surface area contributed by atoms with Crippen LogP contribution in [0.4, 0.5) is 0 Å². The highest BCUT2D eigenvalue weighted by Gasteiger charge is 2.14. The number of nitrogens with zero attached hydrogens (tertiary/aromatic N) is 5. The summed E-state index contributed by atoms with van der Waals surface area (Å²) in [6.45, 7) is 4.05. The van der Waals surface area contributed by atoms with Crippen LogP contribution in [-0.4, -0.2) is 24.8 Å². The smallest absolute Gasteiger partial charge is 0.200 e. The van der Waals surface area contributed by atoms with E-state index >= 15 is 0 Å². The van der Waals surface area contributed by atoms with E-state index in [-0.39, 0.29) is 5.43 Å². The Kier molecular flexibility index (Phi) is 2.67. The number of benzene rings is 1. The van der Waals surface area contributed by atoms with E-state index in [1.165, 1.54) is 10.2 Å². The molecule has 0 amide bonds. The first-order valence-electron chi connectivity index (χ1n) is 6.32. The SMILES string of the molecule is Cc1cc2c(=O)c(-c3nnnn3C)cn(C)c2cc1C. The van der Waals surface area contributed by atoms with Crippen molar-refractivity contribution in [3.05, 3.63) is 39.7 Å². The van der Waals surface area contributed by atoms with Crippen molar-refractivity contribution < 1.29 is 0 Å². The average Bonchev–Trinajstić information content (AvgIpc) is 2.82. The van der Waals surface area contributed by atoms with Crippen LogP contribution in [-0.2, 0) is 14.1 Å². The fourth-order valence-electron chi connectivity index (χ4n) is 2.36. The van der Waals surface area contributed by atoms with E-state index in [0.29, 0.717) is 16.8 Å². The minimum Gasteiger partial charge on any atom is -0.350 e. The molecular weight excluding hydrogens is 254 g/mol. The average molecular weight is 269 g/mol. The lowest BCUT2D eigenvalue weighted by Gasteiger charge is -2.10. The monoisotopic (exact) mass is 269 g/mol. The summed E-state index contributed by atoms with van der Waals surface area (Å²) in [6, 6.07) is 3.96. The molecule has 1 aromatic carbocycles. The van der Waals surface area contributed by atoms with E-state index in [9.17, 15) is 4.79 Å². The molecule has 0 radical (unpaired) electrons. The molecule has 3 aromatic rings. The van der Waals surface area contributed by atoms with Gasteiger partial charge in [0.2, 0.25) is 0 Å². The van der Waals surface area contributed by atoms with Gasteiger partial charge in [0.25, 0.3) is 0 Å². The van der Waals surface area contributed by atoms with E-state index < -0.39 is 0 Å². The van der Waals surface area contributed by atoms with Gasteiger partial charge in [0, 0.05) is 25.7 Å². The Morgan fingerprint density at radius 3 is 2.45 bits per heavy atom. The number of fused-ring (bicyclic) bond motifs is 1. The molecule has 2 heterocycles. The summed E-state index contributed by atoms with van der Waals surface area (Å²) in [7, 11) is 3.64. The molecule has 0 saturated heterocycles. The number of aryl methyl sites for hydroxylation is 4. The minimum absolute atomic E-state index is 0.0425. The predicted octanol–water partition coefficient (Wildman–Crippen LogP) is 1.35. The van der Waals surface area contributed by atoms with E-state index in [2.05, 4.69) is 15.5 Å². The molecule has 3 rings (SSSR count). The molecule has 0 unspecified atom stereocenters. The van der Waals surface area contributed by atoms with Crippen molar-refractivity contribution in [3.8, 4) is 11.4 Å². The summed E-state index contributed by atoms with van der Waals surface area (Å²) < 4.78 is 3.44. The Morgan fingerprint density at radius 1 is 1.10 bits per heavy atom. The summed E-state index contributed by atoms with van der Waals surface area (Å²) in [5.74, 6) is 0.478. The van der Waals surface area contributed by atoms with Crippen molar-refractivity contribution in [2.75, 3.05) is 0 Å². The Morgan fingerprint density at radius 2 is 1.80 bits per heavy atom. The largest absolute Gasteiger partial charge is 0.350 e. The van der Waals surface area contributed by atoms with Gasteiger partial charge >= 0.3 is 0 Å². The standard InChI is InChI=1S/C14H15N5O/c1-8-5-10-12(6-9(8)2)18(3)7-11(13(10)20)14-15-16-17-19(14)4/h5-7H,1-4H3. The number of rotatable bonds is 1. The van der Waals surface area contributed by atoms with E-state index in [0.717, 1.165) is 11.1 Å². The quantitative estimate of drug-likeness (QED) is 0.669. The third-order valence-corrected chi connectivity index (χ3v) is 3.67. The molecule has 6 nitrogen and oxygen atoms in total. The highest BCUT2D eigenvalue weighted by Crippen LogP contribution is 2.20. The highest BCUT2D eigenvalue weighted by molar-refractivity contribution is 5.84. The van der Waals surface area contributed by atoms with Crippen LogP contribution in [0.15, 0.2) is 23.1 Å². The molecule has 6 heteroatoms. The lowest BCUT2D eigenvalue weighted by Crippen LogP contribution is -2.13. The maximum Gasteiger partial charge on any atom is 0.200 e. The molecule has 0 saturated carbocycles. The van der Waals surface area contributed by atoms with Crippen molar-refractivity contribution in [1.29, 1.82) is 0 Å². The number of hydrogen-bond donors (Lipinski definition) is 0. The third-order valence-electron chi connectivity index (χ3n) is 3.67. The van der Waals surface area contributed by atoms with Crippen LogP contribution in [0.25, 0.3) is 22.3 Å². The fraction of sp³-hybridized carbons (Fsp3) is 0.286. The normalized spacial score (nSPS) is 11.2. The van der Waals surface area contributed by atoms with Gasteiger partial charge in [0.15, 0.2) is 11.3 Å². The van der Waals surface area contributed by atoms with Gasteiger partial charge in [0.1, 0.15) is 0 Å². The lowest BCUT2D eigenvalue weighted by molar-refractivity contribution is 0.714. The van der Waals surface area contributed by atoms with E-state index in [4.69, 9.17) is 0 Å². The second-order valence-electron chi connectivity index (χ2n) is 5.06. The molecular formula is C14H15N5O. The van der Waals surface area contributed by atoms with Crippen molar-refractivity contribution >= 4 is 10.9 Å². The number of tetrazole rings is 1. The number of aromatic nitrogens is 5. The summed E-state index contributed by atoms with van der Waals surface area (Å²) in [5.41, 5.74) is 3.65. The zero-order valence-corrected chi connectivity index (χ0v) is 11.9. The first-order valence-corrected chi connectivity index (χ1v) is 6.32. The Balaban J connectivity index is 2.43. The van der Waals surface area contributed by atoms with Crippen LogP contribution in [0.1, 0.15) is 11.1 Å². The van der Waals surface area contributed by atoms with Gasteiger partial charge in [-0.1, -0.05) is 0 Å². The van der Waals surface area contributed by atoms with Crippen LogP contribution < -0.4 is 5.43 Å². The van der Waals surface area contributed by atoms with Crippen LogP contribution >= 0.6 is 0 Å². The summed E-state index contributed by atoms with van der Waals surface area (Å²) in [4.78, 5) is 12.7. The molecule has 0 aliphatic rings. The molecule has 102 valence electrons. The lowest BCUT2D eigenvalue weighted by atomic mass is 10.0. The van der Waals surface area contributed by atoms with Crippen molar-refractivity contribution in [1.82, 2.24) is 24.8 Å². The number of pyridine rings is 1. The molecule has 0 N–H and O–H groups in total. The van der Waals surface area contributed by atoms with Gasteiger partial charge in [-0.25, -0.2) is 4.68 Å². The van der Waals surface area contributed by atoms with Crippen molar-refractivity contribution in [3.63, 3.8) is 0 Å². The Hall–Kier alpha value is -2.50. The highest BCUT2D eigenvalue weighted by atomic mass is 16.1. The molecule has 0 atom stereocenters. The van der Waals surface area contributed by atoms with Crippen LogP contribution in [0.2, 0.25) is 0 Å². The van der Waals surface area contributed by atoms with Gasteiger partial charge in [-0.3, -0.25) is 4.79 Å². The topological polar surface area (TPSA) is 65.6 Å². The maximum absolute atomic E-state index is 12.7. The second-order valence-corrected chi connectivity index (χ2v) is 5.06. The van der Waals surface area contributed by atoms with Gasteiger partial charge in [-0.05, 0) is 47.5 Å². The summed E-state index contributed by atoms with van der Waals surface area (Å²) in [5, 5.41) is 12.0. The fourth-order valence-corrected chi connectivity index (χ4v) is 2.36. The molecule has 0 bridgehead atoms. The predicted molar refractivity (Wildman–Crippen MR) is 76.5 cm³/mol. The summed E-state index contributed by atoms with van der Waals surface area (Å²) >= 11 is 0. The molecule has 2 aromatic heterocycles. The maximum atomic E-state index is 12.7. The Bertz CT molecular complexity index is 875. The van der Waals surface area contributed by atoms with Crippen molar-refractivity contribution in [2.45, 2.75) is 13.8 Å². The second kappa shape index (κ2) is 4.26. The minimum atomic E-state index is -0.0425. The van der Waals surface area contributed by atoms with E-state index in [1.54, 1.807) is 13.2 Å². The van der Waals surface area contributed by atoms with Gasteiger partial charge in [0.05, 0.1) is 11.1 Å².